The molecule has 0 radical (unpaired) electrons. The quantitative estimate of drug-likeness (QED) is 0.834. The third kappa shape index (κ3) is 1.93. The molecule has 1 saturated heterocycles. The predicted octanol–water partition coefficient (Wildman–Crippen LogP) is 2.54. The minimum Gasteiger partial charge on any atom is -0.379 e. The van der Waals surface area contributed by atoms with Gasteiger partial charge in [-0.3, -0.25) is 0 Å². The van der Waals surface area contributed by atoms with Crippen LogP contribution in [0.3, 0.4) is 0 Å². The van der Waals surface area contributed by atoms with Crippen molar-refractivity contribution in [2.75, 3.05) is 19.8 Å². The summed E-state index contributed by atoms with van der Waals surface area (Å²) in [7, 11) is 2.12. The van der Waals surface area contributed by atoms with Crippen molar-refractivity contribution in [2.45, 2.75) is 19.4 Å². The maximum Gasteiger partial charge on any atom is 0.0662 e. The second-order valence-corrected chi connectivity index (χ2v) is 5.10. The Hall–Kier alpha value is -1.32. The highest BCUT2D eigenvalue weighted by Gasteiger charge is 2.19. The molecular formula is C15H20N2O. The molecule has 1 N–H and O–H groups in total. The highest BCUT2D eigenvalue weighted by Crippen LogP contribution is 2.28. The van der Waals surface area contributed by atoms with E-state index in [1.807, 2.05) is 0 Å². The molecule has 2 aromatic rings. The Balaban J connectivity index is 2.08. The molecule has 3 nitrogen and oxygen atoms in total. The summed E-state index contributed by atoms with van der Waals surface area (Å²) in [6.07, 6.45) is 3.34. The summed E-state index contributed by atoms with van der Waals surface area (Å²) in [4.78, 5) is 0. The number of nitrogens with zero attached hydrogens (tertiary/aromatic N) is 1. The van der Waals surface area contributed by atoms with E-state index in [1.54, 1.807) is 0 Å². The van der Waals surface area contributed by atoms with E-state index in [0.29, 0.717) is 6.04 Å². The average Bonchev–Trinajstić information content (AvgIpc) is 2.56. The van der Waals surface area contributed by atoms with Gasteiger partial charge in [-0.2, -0.15) is 0 Å². The lowest BCUT2D eigenvalue weighted by Gasteiger charge is -2.14. The molecule has 96 valence electrons. The Morgan fingerprint density at radius 1 is 1.39 bits per heavy atom. The monoisotopic (exact) mass is 244 g/mol. The molecule has 1 unspecified atom stereocenters. The molecule has 3 rings (SSSR count). The van der Waals surface area contributed by atoms with Crippen molar-refractivity contribution < 1.29 is 4.74 Å². The largest absolute Gasteiger partial charge is 0.379 e. The molecule has 1 aromatic carbocycles. The number of hydrogen-bond donors (Lipinski definition) is 1. The van der Waals surface area contributed by atoms with Gasteiger partial charge in [-0.25, -0.2) is 0 Å². The fourth-order valence-corrected chi connectivity index (χ4v) is 2.89. The zero-order chi connectivity index (χ0) is 12.5. The zero-order valence-electron chi connectivity index (χ0n) is 11.1. The van der Waals surface area contributed by atoms with Crippen molar-refractivity contribution >= 4 is 10.9 Å². The van der Waals surface area contributed by atoms with Crippen LogP contribution in [0.4, 0.5) is 0 Å². The molecule has 0 aliphatic carbocycles. The first-order valence-corrected chi connectivity index (χ1v) is 6.63. The number of fused-ring (bicyclic) bond motifs is 1. The summed E-state index contributed by atoms with van der Waals surface area (Å²) in [6.45, 7) is 4.84. The molecule has 1 fully saturated rings. The summed E-state index contributed by atoms with van der Waals surface area (Å²) in [5.74, 6) is 0. The smallest absolute Gasteiger partial charge is 0.0662 e. The summed E-state index contributed by atoms with van der Waals surface area (Å²) in [5.41, 5.74) is 4.02. The number of para-hydroxylation sites is 1. The lowest BCUT2D eigenvalue weighted by Crippen LogP contribution is -2.23. The van der Waals surface area contributed by atoms with E-state index in [-0.39, 0.29) is 0 Å². The van der Waals surface area contributed by atoms with Gasteiger partial charge in [0.25, 0.3) is 0 Å². The van der Waals surface area contributed by atoms with E-state index in [4.69, 9.17) is 4.74 Å². The Morgan fingerprint density at radius 2 is 2.28 bits per heavy atom. The molecule has 1 aliphatic rings. The molecule has 1 aliphatic heterocycles. The van der Waals surface area contributed by atoms with Gasteiger partial charge in [0, 0.05) is 25.2 Å². The van der Waals surface area contributed by atoms with E-state index in [2.05, 4.69) is 48.3 Å². The number of ether oxygens (including phenoxy) is 1. The van der Waals surface area contributed by atoms with Crippen LogP contribution < -0.4 is 5.32 Å². The van der Waals surface area contributed by atoms with Gasteiger partial charge in [-0.15, -0.1) is 0 Å². The summed E-state index contributed by atoms with van der Waals surface area (Å²) in [5, 5.41) is 4.93. The Kier molecular flexibility index (Phi) is 3.10. The van der Waals surface area contributed by atoms with E-state index in [1.165, 1.54) is 22.0 Å². The van der Waals surface area contributed by atoms with Gasteiger partial charge in [0.2, 0.25) is 0 Å². The fraction of sp³-hybridized carbons (Fsp3) is 0.467. The molecule has 2 heterocycles. The van der Waals surface area contributed by atoms with Crippen molar-refractivity contribution in [3.8, 4) is 0 Å². The maximum atomic E-state index is 5.68. The summed E-state index contributed by atoms with van der Waals surface area (Å²) < 4.78 is 7.91. The highest BCUT2D eigenvalue weighted by atomic mass is 16.5. The lowest BCUT2D eigenvalue weighted by atomic mass is 10.0. The highest BCUT2D eigenvalue weighted by molar-refractivity contribution is 5.87. The number of aromatic nitrogens is 1. The van der Waals surface area contributed by atoms with Crippen molar-refractivity contribution in [1.82, 2.24) is 9.88 Å². The second kappa shape index (κ2) is 4.75. The second-order valence-electron chi connectivity index (χ2n) is 5.10. The van der Waals surface area contributed by atoms with Crippen LogP contribution in [-0.4, -0.2) is 24.3 Å². The average molecular weight is 244 g/mol. The van der Waals surface area contributed by atoms with Gasteiger partial charge >= 0.3 is 0 Å². The normalized spacial score (nSPS) is 21.1. The Labute approximate surface area is 108 Å². The fourth-order valence-electron chi connectivity index (χ4n) is 2.89. The van der Waals surface area contributed by atoms with Crippen LogP contribution in [0, 0.1) is 6.92 Å². The van der Waals surface area contributed by atoms with Crippen molar-refractivity contribution in [1.29, 1.82) is 0 Å². The van der Waals surface area contributed by atoms with Crippen LogP contribution >= 0.6 is 0 Å². The van der Waals surface area contributed by atoms with E-state index >= 15 is 0 Å². The molecule has 0 amide bonds. The van der Waals surface area contributed by atoms with Gasteiger partial charge in [0.1, 0.15) is 0 Å². The lowest BCUT2D eigenvalue weighted by molar-refractivity contribution is 0.132. The van der Waals surface area contributed by atoms with Crippen LogP contribution in [0.2, 0.25) is 0 Å². The van der Waals surface area contributed by atoms with Crippen molar-refractivity contribution in [2.24, 2.45) is 7.05 Å². The van der Waals surface area contributed by atoms with Gasteiger partial charge in [-0.1, -0.05) is 18.2 Å². The van der Waals surface area contributed by atoms with Crippen molar-refractivity contribution in [3.63, 3.8) is 0 Å². The molecule has 1 aromatic heterocycles. The molecular weight excluding hydrogens is 224 g/mol. The first-order chi connectivity index (χ1) is 8.77. The topological polar surface area (TPSA) is 26.2 Å². The van der Waals surface area contributed by atoms with Crippen molar-refractivity contribution in [3.05, 3.63) is 35.5 Å². The molecule has 0 spiro atoms. The standard InChI is InChI=1S/C15H20N2O/c1-11-5-3-6-12-13(9-17(2)15(11)12)14-10-18-8-4-7-16-14/h3,5-6,9,14,16H,4,7-8,10H2,1-2H3. The zero-order valence-corrected chi connectivity index (χ0v) is 11.1. The first-order valence-electron chi connectivity index (χ1n) is 6.63. The minimum atomic E-state index is 0.318. The van der Waals surface area contributed by atoms with Crippen LogP contribution in [0.5, 0.6) is 0 Å². The van der Waals surface area contributed by atoms with E-state index < -0.39 is 0 Å². The van der Waals surface area contributed by atoms with Gasteiger partial charge in [-0.05, 0) is 31.0 Å². The maximum absolute atomic E-state index is 5.68. The first kappa shape index (κ1) is 11.8. The van der Waals surface area contributed by atoms with E-state index in [0.717, 1.165) is 26.2 Å². The van der Waals surface area contributed by atoms with Crippen LogP contribution in [0.1, 0.15) is 23.6 Å². The molecule has 0 bridgehead atoms. The molecule has 1 atom stereocenters. The van der Waals surface area contributed by atoms with Crippen LogP contribution in [0.15, 0.2) is 24.4 Å². The summed E-state index contributed by atoms with van der Waals surface area (Å²) >= 11 is 0. The van der Waals surface area contributed by atoms with Gasteiger partial charge < -0.3 is 14.6 Å². The minimum absolute atomic E-state index is 0.318. The molecule has 18 heavy (non-hydrogen) atoms. The molecule has 0 saturated carbocycles. The Bertz CT molecular complexity index is 551. The van der Waals surface area contributed by atoms with Gasteiger partial charge in [0.05, 0.1) is 18.2 Å². The Morgan fingerprint density at radius 3 is 3.17 bits per heavy atom. The van der Waals surface area contributed by atoms with E-state index in [9.17, 15) is 0 Å². The SMILES string of the molecule is Cc1cccc2c(C3COCCCN3)cn(C)c12. The van der Waals surface area contributed by atoms with Crippen LogP contribution in [0.25, 0.3) is 10.9 Å². The summed E-state index contributed by atoms with van der Waals surface area (Å²) in [6, 6.07) is 6.84. The van der Waals surface area contributed by atoms with Crippen LogP contribution in [-0.2, 0) is 11.8 Å². The number of benzene rings is 1. The third-order valence-electron chi connectivity index (χ3n) is 3.75. The number of nitrogens with one attached hydrogen (secondary N) is 1. The third-order valence-corrected chi connectivity index (χ3v) is 3.75. The number of aryl methyl sites for hydroxylation is 2. The van der Waals surface area contributed by atoms with Gasteiger partial charge in [0.15, 0.2) is 0 Å². The molecule has 3 heteroatoms. The number of hydrogen-bond acceptors (Lipinski definition) is 2. The predicted molar refractivity (Wildman–Crippen MR) is 73.8 cm³/mol. The number of rotatable bonds is 1.